The molecule has 0 saturated carbocycles. The molecular weight excluding hydrogens is 204 g/mol. The quantitative estimate of drug-likeness (QED) is 0.633. The number of hydrogen-bond acceptors (Lipinski definition) is 4. The summed E-state index contributed by atoms with van der Waals surface area (Å²) in [4.78, 5) is 20.8. The van der Waals surface area contributed by atoms with Gasteiger partial charge in [0.05, 0.1) is 12.8 Å². The van der Waals surface area contributed by atoms with Gasteiger partial charge in [0.2, 0.25) is 12.4 Å². The van der Waals surface area contributed by atoms with Gasteiger partial charge in [-0.25, -0.2) is 0 Å². The third-order valence-corrected chi connectivity index (χ3v) is 2.15. The molecule has 0 atom stereocenters. The van der Waals surface area contributed by atoms with Crippen LogP contribution < -0.4 is 0 Å². The normalized spacial score (nSPS) is 18.4. The van der Waals surface area contributed by atoms with Crippen molar-refractivity contribution in [1.29, 1.82) is 0 Å². The molecule has 1 rings (SSSR count). The van der Waals surface area contributed by atoms with Crippen LogP contribution in [0.1, 0.15) is 25.7 Å². The standard InChI is InChI=1S/C9H12O6/c10-7(11)1-3-9(4-2-8(12)13)14-5-6-15-9/h5H,1-4,6H2,(H-,10,11,12,13)/p+1. The van der Waals surface area contributed by atoms with Gasteiger partial charge in [0, 0.05) is 12.8 Å². The van der Waals surface area contributed by atoms with Gasteiger partial charge in [-0.3, -0.25) is 9.59 Å². The molecule has 1 aliphatic rings. The molecule has 1 aliphatic heterocycles. The Hall–Kier alpha value is -1.27. The Morgan fingerprint density at radius 2 is 1.73 bits per heavy atom. The molecule has 0 unspecified atom stereocenters. The molecule has 0 bridgehead atoms. The highest BCUT2D eigenvalue weighted by Gasteiger charge is 2.43. The van der Waals surface area contributed by atoms with Gasteiger partial charge in [-0.05, 0) is 0 Å². The molecule has 84 valence electrons. The molecular formula is C9H13O6+. The van der Waals surface area contributed by atoms with E-state index < -0.39 is 17.7 Å². The maximum Gasteiger partial charge on any atom is 0.303 e. The average Bonchev–Trinajstić information content (AvgIpc) is 2.61. The third-order valence-electron chi connectivity index (χ3n) is 2.15. The lowest BCUT2D eigenvalue weighted by molar-refractivity contribution is -0.171. The van der Waals surface area contributed by atoms with Crippen LogP contribution in [0.2, 0.25) is 0 Å². The summed E-state index contributed by atoms with van der Waals surface area (Å²) in [6, 6.07) is 0. The molecule has 0 radical (unpaired) electrons. The predicted octanol–water partition coefficient (Wildman–Crippen LogP) is 0.621. The van der Waals surface area contributed by atoms with Crippen molar-refractivity contribution in [2.45, 2.75) is 31.5 Å². The molecule has 1 heterocycles. The molecule has 0 aromatic rings. The minimum Gasteiger partial charge on any atom is -0.481 e. The molecule has 0 aromatic heterocycles. The number of carbonyl (C=O) groups is 2. The van der Waals surface area contributed by atoms with Crippen LogP contribution in [0.3, 0.4) is 0 Å². The second-order valence-electron chi connectivity index (χ2n) is 3.29. The fourth-order valence-electron chi connectivity index (χ4n) is 1.39. The zero-order chi connectivity index (χ0) is 11.3. The zero-order valence-corrected chi connectivity index (χ0v) is 8.14. The van der Waals surface area contributed by atoms with E-state index in [1.807, 2.05) is 0 Å². The van der Waals surface area contributed by atoms with Crippen molar-refractivity contribution in [1.82, 2.24) is 0 Å². The Bertz CT molecular complexity index is 223. The van der Waals surface area contributed by atoms with Gasteiger partial charge in [0.15, 0.2) is 0 Å². The largest absolute Gasteiger partial charge is 0.481 e. The van der Waals surface area contributed by atoms with E-state index in [-0.39, 0.29) is 32.3 Å². The van der Waals surface area contributed by atoms with Crippen LogP contribution >= 0.6 is 0 Å². The van der Waals surface area contributed by atoms with Crippen LogP contribution in [0.15, 0.2) is 0 Å². The van der Waals surface area contributed by atoms with Gasteiger partial charge in [-0.15, -0.1) is 0 Å². The van der Waals surface area contributed by atoms with Crippen LogP contribution in [0.5, 0.6) is 0 Å². The topological polar surface area (TPSA) is 93.1 Å². The van der Waals surface area contributed by atoms with Crippen molar-refractivity contribution in [3.05, 3.63) is 6.61 Å². The van der Waals surface area contributed by atoms with Crippen molar-refractivity contribution in [2.75, 3.05) is 6.61 Å². The Labute approximate surface area is 86.8 Å². The van der Waals surface area contributed by atoms with Gasteiger partial charge in [0.1, 0.15) is 0 Å². The van der Waals surface area contributed by atoms with E-state index >= 15 is 0 Å². The number of aliphatic carboxylic acids is 2. The van der Waals surface area contributed by atoms with E-state index in [2.05, 4.69) is 0 Å². The first kappa shape index (κ1) is 11.8. The lowest BCUT2D eigenvalue weighted by Crippen LogP contribution is -2.31. The molecule has 6 nitrogen and oxygen atoms in total. The Morgan fingerprint density at radius 1 is 1.20 bits per heavy atom. The summed E-state index contributed by atoms with van der Waals surface area (Å²) < 4.78 is 10.4. The average molecular weight is 217 g/mol. The lowest BCUT2D eigenvalue weighted by atomic mass is 10.0. The number of rotatable bonds is 6. The summed E-state index contributed by atoms with van der Waals surface area (Å²) >= 11 is 0. The summed E-state index contributed by atoms with van der Waals surface area (Å²) in [5.74, 6) is -2.97. The highest BCUT2D eigenvalue weighted by Crippen LogP contribution is 2.31. The first-order valence-electron chi connectivity index (χ1n) is 4.61. The molecule has 0 amide bonds. The molecule has 6 heteroatoms. The van der Waals surface area contributed by atoms with Crippen molar-refractivity contribution in [2.24, 2.45) is 0 Å². The number of hydrogen-bond donors (Lipinski definition) is 2. The van der Waals surface area contributed by atoms with Crippen LogP contribution in [0.25, 0.3) is 0 Å². The first-order valence-corrected chi connectivity index (χ1v) is 4.61. The molecule has 0 aliphatic carbocycles. The summed E-state index contributed by atoms with van der Waals surface area (Å²) in [6.07, 6.45) is 0.110. The minimum atomic E-state index is -1.06. The van der Waals surface area contributed by atoms with Crippen molar-refractivity contribution >= 4 is 11.9 Å². The van der Waals surface area contributed by atoms with Crippen LogP contribution in [-0.4, -0.2) is 34.5 Å². The second kappa shape index (κ2) is 4.99. The summed E-state index contributed by atoms with van der Waals surface area (Å²) in [5.41, 5.74) is 0. The Balaban J connectivity index is 2.46. The molecule has 0 aromatic carbocycles. The molecule has 1 saturated heterocycles. The van der Waals surface area contributed by atoms with Crippen LogP contribution in [-0.2, 0) is 19.1 Å². The smallest absolute Gasteiger partial charge is 0.303 e. The van der Waals surface area contributed by atoms with E-state index in [0.29, 0.717) is 0 Å². The van der Waals surface area contributed by atoms with Crippen LogP contribution in [0, 0.1) is 6.61 Å². The lowest BCUT2D eigenvalue weighted by Gasteiger charge is -2.20. The van der Waals surface area contributed by atoms with Gasteiger partial charge in [-0.2, -0.15) is 4.74 Å². The highest BCUT2D eigenvalue weighted by molar-refractivity contribution is 5.67. The zero-order valence-electron chi connectivity index (χ0n) is 8.14. The van der Waals surface area contributed by atoms with Crippen molar-refractivity contribution in [3.63, 3.8) is 0 Å². The Kier molecular flexibility index (Phi) is 3.93. The number of carboxylic acids is 2. The van der Waals surface area contributed by atoms with E-state index in [9.17, 15) is 9.59 Å². The summed E-state index contributed by atoms with van der Waals surface area (Å²) in [6.45, 7) is 1.68. The number of ether oxygens (including phenoxy) is 2. The summed E-state index contributed by atoms with van der Waals surface area (Å²) in [7, 11) is 0. The van der Waals surface area contributed by atoms with Gasteiger partial charge < -0.3 is 14.9 Å². The van der Waals surface area contributed by atoms with E-state index in [4.69, 9.17) is 19.7 Å². The van der Waals surface area contributed by atoms with Gasteiger partial charge in [0.25, 0.3) is 6.61 Å². The van der Waals surface area contributed by atoms with E-state index in [1.54, 1.807) is 0 Å². The van der Waals surface area contributed by atoms with Crippen LogP contribution in [0.4, 0.5) is 0 Å². The molecule has 15 heavy (non-hydrogen) atoms. The third kappa shape index (κ3) is 3.77. The second-order valence-corrected chi connectivity index (χ2v) is 3.29. The molecule has 1 fully saturated rings. The fraction of sp³-hybridized carbons (Fsp3) is 0.667. The van der Waals surface area contributed by atoms with Gasteiger partial charge >= 0.3 is 11.9 Å². The molecule has 2 N–H and O–H groups in total. The Morgan fingerprint density at radius 3 is 2.07 bits per heavy atom. The van der Waals surface area contributed by atoms with Gasteiger partial charge in [-0.1, -0.05) is 0 Å². The monoisotopic (exact) mass is 217 g/mol. The van der Waals surface area contributed by atoms with E-state index in [0.717, 1.165) is 0 Å². The SMILES string of the molecule is O=C(O)CCC1(CCC(=O)O)O[CH+]CO1. The van der Waals surface area contributed by atoms with Crippen molar-refractivity contribution < 1.29 is 29.3 Å². The molecule has 0 spiro atoms. The highest BCUT2D eigenvalue weighted by atomic mass is 16.7. The number of carboxylic acid groups (broad SMARTS) is 2. The predicted molar refractivity (Wildman–Crippen MR) is 47.8 cm³/mol. The first-order chi connectivity index (χ1) is 7.04. The van der Waals surface area contributed by atoms with Crippen molar-refractivity contribution in [3.8, 4) is 0 Å². The minimum absolute atomic E-state index is 0.104. The maximum atomic E-state index is 10.4. The summed E-state index contributed by atoms with van der Waals surface area (Å²) in [5, 5.41) is 17.1. The maximum absolute atomic E-state index is 10.4. The van der Waals surface area contributed by atoms with E-state index in [1.165, 1.54) is 6.61 Å². The fourth-order valence-corrected chi connectivity index (χ4v) is 1.39.